The fourth-order valence-electron chi connectivity index (χ4n) is 4.78. The first-order valence-electron chi connectivity index (χ1n) is 11.6. The first-order valence-corrected chi connectivity index (χ1v) is 13.1. The fourth-order valence-corrected chi connectivity index (χ4v) is 6.11. The van der Waals surface area contributed by atoms with Crippen LogP contribution in [0.5, 0.6) is 0 Å². The second-order valence-corrected chi connectivity index (χ2v) is 11.2. The fraction of sp³-hybridized carbons (Fsp3) is 0.400. The van der Waals surface area contributed by atoms with Crippen LogP contribution in [0.1, 0.15) is 46.5 Å². The van der Waals surface area contributed by atoms with Crippen LogP contribution in [0.25, 0.3) is 22.4 Å². The van der Waals surface area contributed by atoms with Crippen LogP contribution in [0.3, 0.4) is 0 Å². The average molecular weight is 499 g/mol. The van der Waals surface area contributed by atoms with E-state index in [1.54, 1.807) is 24.3 Å². The van der Waals surface area contributed by atoms with Gasteiger partial charge in [-0.15, -0.1) is 0 Å². The third-order valence-electron chi connectivity index (χ3n) is 6.97. The molecule has 1 aliphatic carbocycles. The Morgan fingerprint density at radius 1 is 1.11 bits per heavy atom. The zero-order chi connectivity index (χ0) is 25.4. The van der Waals surface area contributed by atoms with E-state index in [1.165, 1.54) is 13.0 Å². The Labute approximate surface area is 204 Å². The van der Waals surface area contributed by atoms with E-state index in [-0.39, 0.29) is 22.8 Å². The summed E-state index contributed by atoms with van der Waals surface area (Å²) in [6.45, 7) is 5.25. The van der Waals surface area contributed by atoms with Gasteiger partial charge in [-0.3, -0.25) is 9.59 Å². The maximum atomic E-state index is 13.1. The number of imidazole rings is 1. The number of carbonyl (C=O) groups is 2. The topological polar surface area (TPSA) is 141 Å². The number of hydrogen-bond acceptors (Lipinski definition) is 5. The first-order chi connectivity index (χ1) is 16.5. The molecule has 1 amide bonds. The molecule has 4 N–H and O–H groups in total. The molecule has 0 spiro atoms. The molecule has 0 aliphatic heterocycles. The van der Waals surface area contributed by atoms with Gasteiger partial charge >= 0.3 is 5.97 Å². The number of nitrogens with zero attached hydrogens (tertiary/aromatic N) is 1. The molecule has 1 heterocycles. The number of fused-ring (bicyclic) bond motifs is 1. The number of benzene rings is 2. The summed E-state index contributed by atoms with van der Waals surface area (Å²) >= 11 is 0. The number of H-pyrrole nitrogens is 1. The van der Waals surface area contributed by atoms with Gasteiger partial charge in [-0.2, -0.15) is 0 Å². The van der Waals surface area contributed by atoms with Crippen molar-refractivity contribution in [3.63, 3.8) is 0 Å². The molecular formula is C25H30N4O5S. The van der Waals surface area contributed by atoms with E-state index in [0.29, 0.717) is 48.2 Å². The lowest BCUT2D eigenvalue weighted by Gasteiger charge is -2.39. The summed E-state index contributed by atoms with van der Waals surface area (Å²) in [4.78, 5) is 30.9. The maximum absolute atomic E-state index is 13.1. The van der Waals surface area contributed by atoms with Crippen molar-refractivity contribution >= 4 is 38.6 Å². The van der Waals surface area contributed by atoms with Crippen molar-refractivity contribution in [1.82, 2.24) is 14.7 Å². The van der Waals surface area contributed by atoms with E-state index in [2.05, 4.69) is 20.0 Å². The molecule has 1 aromatic heterocycles. The van der Waals surface area contributed by atoms with E-state index in [0.717, 1.165) is 5.56 Å². The van der Waals surface area contributed by atoms with Crippen LogP contribution in [-0.2, 0) is 19.6 Å². The largest absolute Gasteiger partial charge is 0.481 e. The highest BCUT2D eigenvalue weighted by molar-refractivity contribution is 7.89. The Hall–Kier alpha value is -3.24. The number of amides is 1. The van der Waals surface area contributed by atoms with Crippen molar-refractivity contribution in [2.45, 2.75) is 57.4 Å². The summed E-state index contributed by atoms with van der Waals surface area (Å²) in [6.07, 6.45) is 1.84. The highest BCUT2D eigenvalue weighted by Gasteiger charge is 2.45. The van der Waals surface area contributed by atoms with Gasteiger partial charge in [-0.1, -0.05) is 13.8 Å². The van der Waals surface area contributed by atoms with Crippen molar-refractivity contribution in [3.05, 3.63) is 42.5 Å². The molecular weight excluding hydrogens is 468 g/mol. The molecule has 186 valence electrons. The molecule has 0 unspecified atom stereocenters. The average Bonchev–Trinajstić information content (AvgIpc) is 3.22. The molecule has 0 atom stereocenters. The van der Waals surface area contributed by atoms with Crippen LogP contribution >= 0.6 is 0 Å². The van der Waals surface area contributed by atoms with E-state index in [4.69, 9.17) is 0 Å². The molecule has 9 nitrogen and oxygen atoms in total. The van der Waals surface area contributed by atoms with Crippen LogP contribution in [0.15, 0.2) is 47.4 Å². The van der Waals surface area contributed by atoms with E-state index in [1.807, 2.05) is 26.0 Å². The number of carboxylic acids is 1. The van der Waals surface area contributed by atoms with Gasteiger partial charge in [0, 0.05) is 24.2 Å². The Bertz CT molecular complexity index is 1350. The third-order valence-corrected chi connectivity index (χ3v) is 8.49. The lowest BCUT2D eigenvalue weighted by molar-refractivity contribution is -0.154. The molecule has 1 aliphatic rings. The summed E-state index contributed by atoms with van der Waals surface area (Å²) in [5.41, 5.74) is 1.89. The zero-order valence-electron chi connectivity index (χ0n) is 20.0. The number of anilines is 1. The quantitative estimate of drug-likeness (QED) is 0.386. The summed E-state index contributed by atoms with van der Waals surface area (Å²) < 4.78 is 28.9. The summed E-state index contributed by atoms with van der Waals surface area (Å²) in [7, 11) is -3.79. The Morgan fingerprint density at radius 3 is 2.34 bits per heavy atom. The van der Waals surface area contributed by atoms with Crippen molar-refractivity contribution in [2.75, 3.05) is 5.32 Å². The number of nitrogens with one attached hydrogen (secondary N) is 3. The van der Waals surface area contributed by atoms with E-state index in [9.17, 15) is 23.1 Å². The highest BCUT2D eigenvalue weighted by atomic mass is 32.2. The molecule has 4 rings (SSSR count). The molecule has 10 heteroatoms. The van der Waals surface area contributed by atoms with Gasteiger partial charge in [0.15, 0.2) is 0 Å². The normalized spacial score (nSPS) is 20.7. The molecule has 1 fully saturated rings. The van der Waals surface area contributed by atoms with E-state index >= 15 is 0 Å². The van der Waals surface area contributed by atoms with Gasteiger partial charge in [0.05, 0.1) is 21.3 Å². The third kappa shape index (κ3) is 5.08. The number of hydrogen-bond donors (Lipinski definition) is 4. The second kappa shape index (κ2) is 9.43. The highest BCUT2D eigenvalue weighted by Crippen LogP contribution is 2.43. The zero-order valence-corrected chi connectivity index (χ0v) is 20.8. The van der Waals surface area contributed by atoms with Crippen molar-refractivity contribution in [3.8, 4) is 11.4 Å². The molecule has 0 bridgehead atoms. The second-order valence-electron chi connectivity index (χ2n) is 9.53. The summed E-state index contributed by atoms with van der Waals surface area (Å²) in [5.74, 6) is -0.392. The van der Waals surface area contributed by atoms with Crippen LogP contribution in [0, 0.1) is 11.3 Å². The first kappa shape index (κ1) is 24.9. The number of aromatic amines is 1. The minimum atomic E-state index is -3.79. The number of carboxylic acid groups (broad SMARTS) is 1. The van der Waals surface area contributed by atoms with Crippen LogP contribution in [0.2, 0.25) is 0 Å². The van der Waals surface area contributed by atoms with Gasteiger partial charge < -0.3 is 15.4 Å². The standard InChI is InChI=1S/C25H30N4O5S/c1-15(2)25(24(31)32)12-10-19(11-13-25)29-35(33,34)20-8-9-21-22(14-20)28-23(27-21)17-4-6-18(7-5-17)26-16(3)30/h4-9,14-15,19,29H,10-13H2,1-3H3,(H,26,30)(H,27,28)(H,31,32). The van der Waals surface area contributed by atoms with Gasteiger partial charge in [-0.05, 0) is 74.1 Å². The Morgan fingerprint density at radius 2 is 1.77 bits per heavy atom. The lowest BCUT2D eigenvalue weighted by atomic mass is 9.66. The van der Waals surface area contributed by atoms with Gasteiger partial charge in [0.25, 0.3) is 0 Å². The Balaban J connectivity index is 1.50. The number of aliphatic carboxylic acids is 1. The van der Waals surface area contributed by atoms with Gasteiger partial charge in [0.1, 0.15) is 5.82 Å². The molecule has 1 saturated carbocycles. The van der Waals surface area contributed by atoms with Crippen molar-refractivity contribution in [2.24, 2.45) is 11.3 Å². The van der Waals surface area contributed by atoms with Crippen LogP contribution in [0.4, 0.5) is 5.69 Å². The Kier molecular flexibility index (Phi) is 6.70. The summed E-state index contributed by atoms with van der Waals surface area (Å²) in [5, 5.41) is 12.4. The van der Waals surface area contributed by atoms with E-state index < -0.39 is 21.4 Å². The summed E-state index contributed by atoms with van der Waals surface area (Å²) in [6, 6.07) is 11.6. The number of carbonyl (C=O) groups excluding carboxylic acids is 1. The predicted octanol–water partition coefficient (Wildman–Crippen LogP) is 4.14. The number of aromatic nitrogens is 2. The number of sulfonamides is 1. The van der Waals surface area contributed by atoms with Crippen LogP contribution in [-0.4, -0.2) is 41.4 Å². The lowest BCUT2D eigenvalue weighted by Crippen LogP contribution is -2.45. The molecule has 2 aromatic carbocycles. The molecule has 0 saturated heterocycles. The molecule has 35 heavy (non-hydrogen) atoms. The SMILES string of the molecule is CC(=O)Nc1ccc(-c2nc3ccc(S(=O)(=O)NC4CCC(C(=O)O)(C(C)C)CC4)cc3[nH]2)cc1. The predicted molar refractivity (Wildman–Crippen MR) is 133 cm³/mol. The number of rotatable bonds is 7. The van der Waals surface area contributed by atoms with Gasteiger partial charge in [0.2, 0.25) is 15.9 Å². The van der Waals surface area contributed by atoms with Crippen LogP contribution < -0.4 is 10.0 Å². The van der Waals surface area contributed by atoms with Crippen molar-refractivity contribution in [1.29, 1.82) is 0 Å². The minimum absolute atomic E-state index is 0.0175. The molecule has 0 radical (unpaired) electrons. The monoisotopic (exact) mass is 498 g/mol. The van der Waals surface area contributed by atoms with Gasteiger partial charge in [-0.25, -0.2) is 18.1 Å². The molecule has 3 aromatic rings. The smallest absolute Gasteiger partial charge is 0.309 e. The van der Waals surface area contributed by atoms with Crippen molar-refractivity contribution < 1.29 is 23.1 Å². The maximum Gasteiger partial charge on any atom is 0.309 e. The minimum Gasteiger partial charge on any atom is -0.481 e.